The Balaban J connectivity index is 0.00000450. The van der Waals surface area contributed by atoms with Crippen LogP contribution in [0.5, 0.6) is 0 Å². The van der Waals surface area contributed by atoms with Crippen molar-refractivity contribution in [3.63, 3.8) is 0 Å². The van der Waals surface area contributed by atoms with E-state index in [1.807, 2.05) is 13.8 Å². The Kier molecular flexibility index (Phi) is 10.6. The molecule has 1 atom stereocenters. The smallest absolute Gasteiger partial charge is 0.315 e. The van der Waals surface area contributed by atoms with Gasteiger partial charge in [-0.1, -0.05) is 26.0 Å². The molecule has 0 bridgehead atoms. The average molecular weight is 442 g/mol. The standard InChI is InChI=1S/C19H27N5O5.ClH/c1-13(2)12-29-17(25)7-9-20-19(27)22-16-8-10-24(18(16)26)15-5-3-14(4-6-15)11-21-23-28;/h3-6,11,13,16,23,28H,7-10,12H2,1-2H3,(H2,20,22,27);1H/t16-;/m0./s1. The number of amides is 3. The molecule has 166 valence electrons. The summed E-state index contributed by atoms with van der Waals surface area (Å²) in [4.78, 5) is 37.7. The van der Waals surface area contributed by atoms with E-state index < -0.39 is 12.1 Å². The number of halogens is 1. The molecule has 0 aliphatic carbocycles. The lowest BCUT2D eigenvalue weighted by Crippen LogP contribution is -2.46. The van der Waals surface area contributed by atoms with Gasteiger partial charge in [0.1, 0.15) is 6.04 Å². The van der Waals surface area contributed by atoms with Crippen LogP contribution < -0.4 is 21.1 Å². The van der Waals surface area contributed by atoms with Crippen molar-refractivity contribution in [2.24, 2.45) is 11.0 Å². The highest BCUT2D eigenvalue weighted by molar-refractivity contribution is 6.01. The molecule has 10 nitrogen and oxygen atoms in total. The predicted octanol–water partition coefficient (Wildman–Crippen LogP) is 1.41. The quantitative estimate of drug-likeness (QED) is 0.260. The fourth-order valence-electron chi connectivity index (χ4n) is 2.73. The van der Waals surface area contributed by atoms with E-state index in [1.165, 1.54) is 6.21 Å². The lowest BCUT2D eigenvalue weighted by atomic mass is 10.2. The Morgan fingerprint density at radius 2 is 2.03 bits per heavy atom. The number of anilines is 1. The molecule has 0 unspecified atom stereocenters. The zero-order valence-corrected chi connectivity index (χ0v) is 17.8. The Morgan fingerprint density at radius 1 is 1.33 bits per heavy atom. The number of hydrogen-bond acceptors (Lipinski definition) is 7. The van der Waals surface area contributed by atoms with Crippen molar-refractivity contribution in [1.82, 2.24) is 16.2 Å². The van der Waals surface area contributed by atoms with Crippen LogP contribution in [0.3, 0.4) is 0 Å². The van der Waals surface area contributed by atoms with Crippen molar-refractivity contribution in [1.29, 1.82) is 0 Å². The largest absolute Gasteiger partial charge is 0.465 e. The molecular formula is C19H28ClN5O5. The highest BCUT2D eigenvalue weighted by Crippen LogP contribution is 2.21. The Morgan fingerprint density at radius 3 is 2.67 bits per heavy atom. The van der Waals surface area contributed by atoms with Gasteiger partial charge in [0.15, 0.2) is 0 Å². The van der Waals surface area contributed by atoms with Crippen molar-refractivity contribution in [2.75, 3.05) is 24.6 Å². The number of nitrogens with zero attached hydrogens (tertiary/aromatic N) is 2. The summed E-state index contributed by atoms with van der Waals surface area (Å²) in [5.41, 5.74) is 3.14. The molecule has 2 rings (SSSR count). The van der Waals surface area contributed by atoms with Gasteiger partial charge in [-0.3, -0.25) is 14.8 Å². The van der Waals surface area contributed by atoms with E-state index in [-0.39, 0.29) is 43.2 Å². The number of carbonyl (C=O) groups is 3. The molecule has 1 aliphatic heterocycles. The van der Waals surface area contributed by atoms with Crippen molar-refractivity contribution in [3.05, 3.63) is 29.8 Å². The molecular weight excluding hydrogens is 414 g/mol. The van der Waals surface area contributed by atoms with Crippen LogP contribution in [0.1, 0.15) is 32.3 Å². The van der Waals surface area contributed by atoms with Crippen LogP contribution in [0.15, 0.2) is 29.4 Å². The van der Waals surface area contributed by atoms with Crippen LogP contribution in [0.25, 0.3) is 0 Å². The highest BCUT2D eigenvalue weighted by Gasteiger charge is 2.33. The van der Waals surface area contributed by atoms with E-state index in [1.54, 1.807) is 34.8 Å². The fourth-order valence-corrected chi connectivity index (χ4v) is 2.73. The van der Waals surface area contributed by atoms with Gasteiger partial charge in [0.2, 0.25) is 5.91 Å². The maximum Gasteiger partial charge on any atom is 0.315 e. The van der Waals surface area contributed by atoms with Gasteiger partial charge >= 0.3 is 12.0 Å². The summed E-state index contributed by atoms with van der Waals surface area (Å²) in [6, 6.07) is 5.93. The average Bonchev–Trinajstić information content (AvgIpc) is 3.05. The van der Waals surface area contributed by atoms with Crippen molar-refractivity contribution >= 4 is 42.2 Å². The van der Waals surface area contributed by atoms with Gasteiger partial charge in [0.05, 0.1) is 19.2 Å². The summed E-state index contributed by atoms with van der Waals surface area (Å²) in [6.07, 6.45) is 2.00. The van der Waals surface area contributed by atoms with Gasteiger partial charge in [0.25, 0.3) is 0 Å². The summed E-state index contributed by atoms with van der Waals surface area (Å²) in [6.45, 7) is 4.86. The van der Waals surface area contributed by atoms with Crippen LogP contribution in [0.2, 0.25) is 0 Å². The maximum absolute atomic E-state index is 12.6. The molecule has 1 aromatic rings. The van der Waals surface area contributed by atoms with Crippen LogP contribution in [-0.4, -0.2) is 55.1 Å². The zero-order valence-electron chi connectivity index (χ0n) is 17.0. The molecule has 0 aromatic heterocycles. The molecule has 4 N–H and O–H groups in total. The monoisotopic (exact) mass is 441 g/mol. The van der Waals surface area contributed by atoms with E-state index in [4.69, 9.17) is 9.94 Å². The van der Waals surface area contributed by atoms with Crippen LogP contribution >= 0.6 is 12.4 Å². The number of nitrogens with one attached hydrogen (secondary N) is 3. The van der Waals surface area contributed by atoms with Gasteiger partial charge in [-0.2, -0.15) is 10.7 Å². The van der Waals surface area contributed by atoms with Gasteiger partial charge in [-0.25, -0.2) is 4.79 Å². The van der Waals surface area contributed by atoms with Gasteiger partial charge in [-0.05, 0) is 30.0 Å². The predicted molar refractivity (Wildman–Crippen MR) is 114 cm³/mol. The number of carbonyl (C=O) groups excluding carboxylic acids is 3. The number of esters is 1. The first-order valence-electron chi connectivity index (χ1n) is 9.44. The second-order valence-electron chi connectivity index (χ2n) is 7.01. The molecule has 1 fully saturated rings. The molecule has 1 saturated heterocycles. The normalized spacial score (nSPS) is 15.8. The minimum Gasteiger partial charge on any atom is -0.465 e. The van der Waals surface area contributed by atoms with E-state index >= 15 is 0 Å². The minimum absolute atomic E-state index is 0. The van der Waals surface area contributed by atoms with Crippen molar-refractivity contribution in [3.8, 4) is 0 Å². The molecule has 1 aromatic carbocycles. The molecule has 0 radical (unpaired) electrons. The minimum atomic E-state index is -0.622. The van der Waals surface area contributed by atoms with Crippen LogP contribution in [-0.2, 0) is 14.3 Å². The first kappa shape index (κ1) is 25.2. The molecule has 1 aliphatic rings. The van der Waals surface area contributed by atoms with E-state index in [2.05, 4.69) is 15.7 Å². The summed E-state index contributed by atoms with van der Waals surface area (Å²) >= 11 is 0. The maximum atomic E-state index is 12.6. The molecule has 0 saturated carbocycles. The van der Waals surface area contributed by atoms with E-state index in [0.717, 1.165) is 5.56 Å². The number of urea groups is 1. The first-order valence-corrected chi connectivity index (χ1v) is 9.44. The molecule has 1 heterocycles. The zero-order chi connectivity index (χ0) is 21.2. The molecule has 0 spiro atoms. The second kappa shape index (κ2) is 12.7. The summed E-state index contributed by atoms with van der Waals surface area (Å²) in [7, 11) is 0. The van der Waals surface area contributed by atoms with Crippen LogP contribution in [0.4, 0.5) is 10.5 Å². The van der Waals surface area contributed by atoms with Gasteiger partial charge in [-0.15, -0.1) is 12.4 Å². The number of benzene rings is 1. The first-order chi connectivity index (χ1) is 13.9. The van der Waals surface area contributed by atoms with Gasteiger partial charge < -0.3 is 20.3 Å². The number of rotatable bonds is 9. The second-order valence-corrected chi connectivity index (χ2v) is 7.01. The summed E-state index contributed by atoms with van der Waals surface area (Å²) in [5.74, 6) is -0.311. The SMILES string of the molecule is CC(C)COC(=O)CCNC(=O)N[C@H]1CCN(c2ccc(C=NNO)cc2)C1=O.Cl. The van der Waals surface area contributed by atoms with Crippen molar-refractivity contribution in [2.45, 2.75) is 32.7 Å². The Hall–Kier alpha value is -2.85. The summed E-state index contributed by atoms with van der Waals surface area (Å²) < 4.78 is 5.03. The number of hydrogen-bond donors (Lipinski definition) is 4. The third kappa shape index (κ3) is 7.88. The Labute approximate surface area is 181 Å². The number of ether oxygens (including phenoxy) is 1. The third-order valence-corrected chi connectivity index (χ3v) is 4.18. The lowest BCUT2D eigenvalue weighted by molar-refractivity contribution is -0.144. The van der Waals surface area contributed by atoms with Gasteiger partial charge in [0, 0.05) is 18.8 Å². The number of hydrazone groups is 1. The van der Waals surface area contributed by atoms with E-state index in [0.29, 0.717) is 25.3 Å². The van der Waals surface area contributed by atoms with Crippen molar-refractivity contribution < 1.29 is 24.3 Å². The lowest BCUT2D eigenvalue weighted by Gasteiger charge is -2.17. The molecule has 30 heavy (non-hydrogen) atoms. The topological polar surface area (TPSA) is 132 Å². The van der Waals surface area contributed by atoms with E-state index in [9.17, 15) is 14.4 Å². The molecule has 3 amide bonds. The summed E-state index contributed by atoms with van der Waals surface area (Å²) in [5, 5.41) is 17.2. The third-order valence-electron chi connectivity index (χ3n) is 4.18. The molecule has 11 heteroatoms. The van der Waals surface area contributed by atoms with Crippen LogP contribution in [0, 0.1) is 5.92 Å². The Bertz CT molecular complexity index is 741. The highest BCUT2D eigenvalue weighted by atomic mass is 35.5. The fraction of sp³-hybridized carbons (Fsp3) is 0.474.